The number of benzene rings is 1. The average Bonchev–Trinajstić information content (AvgIpc) is 2.86. The highest BCUT2D eigenvalue weighted by atomic mass is 16.5. The van der Waals surface area contributed by atoms with Crippen molar-refractivity contribution in [3.05, 3.63) is 29.8 Å². The molecule has 2 rings (SSSR count). The molecule has 1 heterocycles. The minimum absolute atomic E-state index is 0.191. The Hall–Kier alpha value is -2.08. The number of likely N-dealkylation sites (N-methyl/N-ethyl adjacent to an activating group) is 1. The third kappa shape index (κ3) is 3.72. The monoisotopic (exact) mass is 292 g/mol. The number of amides is 1. The van der Waals surface area contributed by atoms with E-state index in [0.717, 1.165) is 5.56 Å². The minimum Gasteiger partial charge on any atom is -0.492 e. The molecule has 6 heteroatoms. The number of ether oxygens (including phenoxy) is 1. The summed E-state index contributed by atoms with van der Waals surface area (Å²) in [7, 11) is 3.77. The van der Waals surface area contributed by atoms with Crippen LogP contribution in [0.2, 0.25) is 0 Å². The van der Waals surface area contributed by atoms with Gasteiger partial charge in [0.25, 0.3) is 0 Å². The third-order valence-corrected chi connectivity index (χ3v) is 3.45. The fourth-order valence-corrected chi connectivity index (χ4v) is 2.34. The van der Waals surface area contributed by atoms with Gasteiger partial charge in [-0.1, -0.05) is 18.2 Å². The fraction of sp³-hybridized carbons (Fsp3) is 0.467. The first-order valence-corrected chi connectivity index (χ1v) is 6.86. The van der Waals surface area contributed by atoms with Crippen LogP contribution in [0.3, 0.4) is 0 Å². The number of rotatable bonds is 6. The predicted molar refractivity (Wildman–Crippen MR) is 77.4 cm³/mol. The van der Waals surface area contributed by atoms with Crippen LogP contribution in [0.1, 0.15) is 11.5 Å². The van der Waals surface area contributed by atoms with Gasteiger partial charge in [0.05, 0.1) is 0 Å². The average molecular weight is 292 g/mol. The first kappa shape index (κ1) is 15.3. The van der Waals surface area contributed by atoms with E-state index in [4.69, 9.17) is 9.84 Å². The number of carbonyl (C=O) groups is 2. The molecule has 0 aromatic heterocycles. The summed E-state index contributed by atoms with van der Waals surface area (Å²) in [4.78, 5) is 26.9. The van der Waals surface area contributed by atoms with Gasteiger partial charge in [0.15, 0.2) is 0 Å². The Balaban J connectivity index is 2.13. The van der Waals surface area contributed by atoms with Crippen molar-refractivity contribution >= 4 is 11.9 Å². The molecule has 0 radical (unpaired) electrons. The number of hydrogen-bond acceptors (Lipinski definition) is 4. The van der Waals surface area contributed by atoms with Crippen LogP contribution in [0.25, 0.3) is 0 Å². The van der Waals surface area contributed by atoms with Gasteiger partial charge in [-0.25, -0.2) is 0 Å². The lowest BCUT2D eigenvalue weighted by atomic mass is 10.00. The summed E-state index contributed by atoms with van der Waals surface area (Å²) in [6.07, 6.45) is 0. The van der Waals surface area contributed by atoms with Crippen molar-refractivity contribution in [2.45, 2.75) is 5.92 Å². The summed E-state index contributed by atoms with van der Waals surface area (Å²) in [6, 6.07) is 7.39. The summed E-state index contributed by atoms with van der Waals surface area (Å²) in [5.41, 5.74) is 0.836. The number of carboxylic acids is 1. The number of nitrogens with zero attached hydrogens (tertiary/aromatic N) is 2. The van der Waals surface area contributed by atoms with Crippen LogP contribution in [0.15, 0.2) is 24.3 Å². The van der Waals surface area contributed by atoms with E-state index in [9.17, 15) is 9.59 Å². The maximum absolute atomic E-state index is 12.6. The molecule has 1 atom stereocenters. The van der Waals surface area contributed by atoms with E-state index < -0.39 is 11.9 Å². The standard InChI is InChI=1S/C15H20N2O4/c1-16(2)7-8-17(9-14(18)19)15(20)12-10-21-13-6-4-3-5-11(12)13/h3-6,12H,7-10H2,1-2H3,(H,18,19)/t12-/m1/s1. The zero-order valence-corrected chi connectivity index (χ0v) is 12.3. The number of para-hydroxylation sites is 1. The maximum Gasteiger partial charge on any atom is 0.323 e. The molecule has 21 heavy (non-hydrogen) atoms. The Kier molecular flexibility index (Phi) is 4.80. The Morgan fingerprint density at radius 2 is 2.00 bits per heavy atom. The number of aliphatic carboxylic acids is 1. The van der Waals surface area contributed by atoms with Crippen molar-refractivity contribution in [2.24, 2.45) is 0 Å². The van der Waals surface area contributed by atoms with E-state index in [1.165, 1.54) is 4.90 Å². The second-order valence-electron chi connectivity index (χ2n) is 5.36. The molecule has 1 amide bonds. The van der Waals surface area contributed by atoms with Gasteiger partial charge < -0.3 is 19.6 Å². The Bertz CT molecular complexity index is 530. The first-order valence-electron chi connectivity index (χ1n) is 6.86. The van der Waals surface area contributed by atoms with Gasteiger partial charge in [0.2, 0.25) is 5.91 Å². The lowest BCUT2D eigenvalue weighted by Gasteiger charge is -2.25. The van der Waals surface area contributed by atoms with E-state index >= 15 is 0 Å². The van der Waals surface area contributed by atoms with Gasteiger partial charge in [-0.15, -0.1) is 0 Å². The first-order chi connectivity index (χ1) is 9.99. The molecule has 0 saturated carbocycles. The fourth-order valence-electron chi connectivity index (χ4n) is 2.34. The number of carboxylic acid groups (broad SMARTS) is 1. The molecule has 0 spiro atoms. The molecule has 0 fully saturated rings. The zero-order chi connectivity index (χ0) is 15.4. The van der Waals surface area contributed by atoms with Gasteiger partial charge >= 0.3 is 5.97 Å². The molecule has 0 saturated heterocycles. The quantitative estimate of drug-likeness (QED) is 0.833. The summed E-state index contributed by atoms with van der Waals surface area (Å²) in [5, 5.41) is 9.00. The van der Waals surface area contributed by atoms with Crippen LogP contribution in [-0.4, -0.2) is 67.1 Å². The van der Waals surface area contributed by atoms with Crippen molar-refractivity contribution in [1.82, 2.24) is 9.80 Å². The summed E-state index contributed by atoms with van der Waals surface area (Å²) in [6.45, 7) is 0.993. The molecule has 1 aromatic carbocycles. The van der Waals surface area contributed by atoms with Crippen LogP contribution in [0, 0.1) is 0 Å². The van der Waals surface area contributed by atoms with Gasteiger partial charge in [0, 0.05) is 18.7 Å². The maximum atomic E-state index is 12.6. The van der Waals surface area contributed by atoms with E-state index in [1.54, 1.807) is 0 Å². The van der Waals surface area contributed by atoms with Gasteiger partial charge in [-0.2, -0.15) is 0 Å². The van der Waals surface area contributed by atoms with Crippen LogP contribution >= 0.6 is 0 Å². The largest absolute Gasteiger partial charge is 0.492 e. The highest BCUT2D eigenvalue weighted by molar-refractivity contribution is 5.88. The normalized spacial score (nSPS) is 16.4. The number of carbonyl (C=O) groups excluding carboxylic acids is 1. The van der Waals surface area contributed by atoms with Gasteiger partial charge in [0.1, 0.15) is 24.8 Å². The molecule has 1 aliphatic rings. The molecule has 6 nitrogen and oxygen atoms in total. The van der Waals surface area contributed by atoms with Gasteiger partial charge in [-0.3, -0.25) is 9.59 Å². The van der Waals surface area contributed by atoms with Crippen LogP contribution in [0.5, 0.6) is 5.75 Å². The molecule has 0 unspecified atom stereocenters. The van der Waals surface area contributed by atoms with Gasteiger partial charge in [-0.05, 0) is 20.2 Å². The Morgan fingerprint density at radius 1 is 1.29 bits per heavy atom. The third-order valence-electron chi connectivity index (χ3n) is 3.45. The number of hydrogen-bond donors (Lipinski definition) is 1. The van der Waals surface area contributed by atoms with Crippen LogP contribution < -0.4 is 4.74 Å². The second kappa shape index (κ2) is 6.58. The van der Waals surface area contributed by atoms with Crippen LogP contribution in [-0.2, 0) is 9.59 Å². The van der Waals surface area contributed by atoms with Crippen molar-refractivity contribution in [2.75, 3.05) is 40.3 Å². The molecule has 1 aromatic rings. The number of fused-ring (bicyclic) bond motifs is 1. The molecule has 114 valence electrons. The van der Waals surface area contributed by atoms with Crippen LogP contribution in [0.4, 0.5) is 0 Å². The van der Waals surface area contributed by atoms with Crippen molar-refractivity contribution in [3.8, 4) is 5.75 Å². The van der Waals surface area contributed by atoms with Crippen molar-refractivity contribution in [1.29, 1.82) is 0 Å². The molecule has 0 aliphatic carbocycles. The van der Waals surface area contributed by atoms with E-state index in [-0.39, 0.29) is 19.1 Å². The SMILES string of the molecule is CN(C)CCN(CC(=O)O)C(=O)[C@@H]1COc2ccccc21. The molecule has 0 bridgehead atoms. The summed E-state index contributed by atoms with van der Waals surface area (Å²) < 4.78 is 5.51. The summed E-state index contributed by atoms with van der Waals surface area (Å²) in [5.74, 6) is -0.903. The smallest absolute Gasteiger partial charge is 0.323 e. The van der Waals surface area contributed by atoms with E-state index in [0.29, 0.717) is 18.8 Å². The molecular weight excluding hydrogens is 272 g/mol. The predicted octanol–water partition coefficient (Wildman–Crippen LogP) is 0.637. The lowest BCUT2D eigenvalue weighted by Crippen LogP contribution is -2.42. The van der Waals surface area contributed by atoms with E-state index in [2.05, 4.69) is 0 Å². The molecular formula is C15H20N2O4. The highest BCUT2D eigenvalue weighted by Gasteiger charge is 2.33. The Morgan fingerprint density at radius 3 is 2.67 bits per heavy atom. The summed E-state index contributed by atoms with van der Waals surface area (Å²) >= 11 is 0. The van der Waals surface area contributed by atoms with E-state index in [1.807, 2.05) is 43.3 Å². The van der Waals surface area contributed by atoms with Crippen molar-refractivity contribution < 1.29 is 19.4 Å². The minimum atomic E-state index is -1.01. The molecule has 1 aliphatic heterocycles. The van der Waals surface area contributed by atoms with Crippen molar-refractivity contribution in [3.63, 3.8) is 0 Å². The topological polar surface area (TPSA) is 70.1 Å². The zero-order valence-electron chi connectivity index (χ0n) is 12.3. The lowest BCUT2D eigenvalue weighted by molar-refractivity contribution is -0.145. The highest BCUT2D eigenvalue weighted by Crippen LogP contribution is 2.34. The Labute approximate surface area is 123 Å². The second-order valence-corrected chi connectivity index (χ2v) is 5.36. The molecule has 1 N–H and O–H groups in total.